The summed E-state index contributed by atoms with van der Waals surface area (Å²) in [5.74, 6) is 1.28. The van der Waals surface area contributed by atoms with E-state index in [0.29, 0.717) is 40.0 Å². The Labute approximate surface area is 207 Å². The molecule has 0 N–H and O–H groups in total. The van der Waals surface area contributed by atoms with E-state index < -0.39 is 0 Å². The van der Waals surface area contributed by atoms with Gasteiger partial charge in [-0.15, -0.1) is 0 Å². The zero-order valence-electron chi connectivity index (χ0n) is 19.5. The van der Waals surface area contributed by atoms with Crippen molar-refractivity contribution in [1.29, 1.82) is 0 Å². The van der Waals surface area contributed by atoms with Gasteiger partial charge in [0.1, 0.15) is 18.1 Å². The van der Waals surface area contributed by atoms with Crippen LogP contribution in [0.3, 0.4) is 0 Å². The average molecular weight is 487 g/mol. The zero-order valence-corrected chi connectivity index (χ0v) is 20.3. The first-order valence-corrected chi connectivity index (χ1v) is 11.4. The van der Waals surface area contributed by atoms with Crippen molar-refractivity contribution in [2.45, 2.75) is 20.5 Å². The lowest BCUT2D eigenvalue weighted by atomic mass is 10.1. The molecule has 3 aromatic heterocycles. The number of hydrogen-bond donors (Lipinski definition) is 0. The summed E-state index contributed by atoms with van der Waals surface area (Å²) in [7, 11) is 1.63. The van der Waals surface area contributed by atoms with Crippen molar-refractivity contribution in [3.63, 3.8) is 0 Å². The van der Waals surface area contributed by atoms with Gasteiger partial charge in [-0.1, -0.05) is 23.7 Å². The monoisotopic (exact) mass is 486 g/mol. The van der Waals surface area contributed by atoms with Crippen molar-refractivity contribution in [1.82, 2.24) is 19.2 Å². The van der Waals surface area contributed by atoms with Crippen molar-refractivity contribution >= 4 is 17.2 Å². The van der Waals surface area contributed by atoms with Gasteiger partial charge in [0.05, 0.1) is 24.1 Å². The van der Waals surface area contributed by atoms with Crippen molar-refractivity contribution < 1.29 is 9.47 Å². The molecule has 0 amide bonds. The Balaban J connectivity index is 1.53. The van der Waals surface area contributed by atoms with E-state index in [1.54, 1.807) is 30.1 Å². The number of ether oxygens (including phenoxy) is 2. The molecule has 0 atom stereocenters. The minimum absolute atomic E-state index is 0.208. The lowest BCUT2D eigenvalue weighted by molar-refractivity contribution is 0.308. The molecular weight excluding hydrogens is 464 g/mol. The van der Waals surface area contributed by atoms with Crippen LogP contribution in [0.15, 0.2) is 77.7 Å². The molecule has 0 unspecified atom stereocenters. The van der Waals surface area contributed by atoms with Gasteiger partial charge in [0, 0.05) is 16.9 Å². The molecule has 8 heteroatoms. The Kier molecular flexibility index (Phi) is 6.01. The minimum Gasteiger partial charge on any atom is -0.497 e. The molecular formula is C27H23ClN4O3. The van der Waals surface area contributed by atoms with Gasteiger partial charge in [-0.05, 0) is 74.0 Å². The zero-order chi connectivity index (χ0) is 24.5. The Morgan fingerprint density at radius 1 is 1.00 bits per heavy atom. The summed E-state index contributed by atoms with van der Waals surface area (Å²) < 4.78 is 14.5. The predicted molar refractivity (Wildman–Crippen MR) is 136 cm³/mol. The maximum atomic E-state index is 13.5. The maximum absolute atomic E-state index is 13.5. The highest BCUT2D eigenvalue weighted by molar-refractivity contribution is 6.30. The maximum Gasteiger partial charge on any atom is 0.267 e. The molecule has 0 aliphatic heterocycles. The second-order valence-corrected chi connectivity index (χ2v) is 8.58. The second kappa shape index (κ2) is 9.27. The molecule has 7 nitrogen and oxygen atoms in total. The van der Waals surface area contributed by atoms with Crippen LogP contribution in [-0.4, -0.2) is 26.3 Å². The topological polar surface area (TPSA) is 70.7 Å². The highest BCUT2D eigenvalue weighted by atomic mass is 35.5. The summed E-state index contributed by atoms with van der Waals surface area (Å²) in [6.45, 7) is 4.07. The molecule has 5 aromatic rings. The third-order valence-electron chi connectivity index (χ3n) is 5.74. The molecule has 0 saturated carbocycles. The van der Waals surface area contributed by atoms with E-state index in [4.69, 9.17) is 31.2 Å². The largest absolute Gasteiger partial charge is 0.497 e. The van der Waals surface area contributed by atoms with Gasteiger partial charge in [0.2, 0.25) is 0 Å². The van der Waals surface area contributed by atoms with E-state index in [-0.39, 0.29) is 5.56 Å². The van der Waals surface area contributed by atoms with Crippen molar-refractivity contribution in [3.05, 3.63) is 105 Å². The number of aromatic nitrogens is 4. The predicted octanol–water partition coefficient (Wildman–Crippen LogP) is 5.41. The van der Waals surface area contributed by atoms with Crippen LogP contribution in [-0.2, 0) is 6.61 Å². The molecule has 0 bridgehead atoms. The lowest BCUT2D eigenvalue weighted by Gasteiger charge is -2.12. The normalized spacial score (nSPS) is 11.1. The molecule has 0 aliphatic carbocycles. The SMILES string of the molecule is COc1ccc(-n2nc(-c3c(C)nc4c(OCc5cccc(Cl)c5)cccn4c3=O)cc2C)cc1. The Bertz CT molecular complexity index is 1590. The number of halogens is 1. The van der Waals surface area contributed by atoms with Crippen LogP contribution in [0.5, 0.6) is 11.5 Å². The van der Waals surface area contributed by atoms with Crippen LogP contribution in [0.2, 0.25) is 5.02 Å². The van der Waals surface area contributed by atoms with Gasteiger partial charge >= 0.3 is 0 Å². The molecule has 35 heavy (non-hydrogen) atoms. The quantitative estimate of drug-likeness (QED) is 0.321. The van der Waals surface area contributed by atoms with Gasteiger partial charge in [-0.25, -0.2) is 9.67 Å². The fourth-order valence-electron chi connectivity index (χ4n) is 4.02. The molecule has 2 aromatic carbocycles. The number of fused-ring (bicyclic) bond motifs is 1. The fourth-order valence-corrected chi connectivity index (χ4v) is 4.23. The van der Waals surface area contributed by atoms with Gasteiger partial charge in [-0.3, -0.25) is 9.20 Å². The van der Waals surface area contributed by atoms with Crippen LogP contribution in [0, 0.1) is 13.8 Å². The Hall–Kier alpha value is -4.10. The van der Waals surface area contributed by atoms with Crippen molar-refractivity contribution in [2.24, 2.45) is 0 Å². The van der Waals surface area contributed by atoms with Crippen LogP contribution in [0.4, 0.5) is 0 Å². The van der Waals surface area contributed by atoms with E-state index >= 15 is 0 Å². The lowest BCUT2D eigenvalue weighted by Crippen LogP contribution is -2.19. The average Bonchev–Trinajstić information content (AvgIpc) is 3.24. The summed E-state index contributed by atoms with van der Waals surface area (Å²) in [4.78, 5) is 18.3. The summed E-state index contributed by atoms with van der Waals surface area (Å²) in [5, 5.41) is 5.36. The molecule has 0 fully saturated rings. The van der Waals surface area contributed by atoms with Gasteiger partial charge in [0.15, 0.2) is 11.4 Å². The van der Waals surface area contributed by atoms with E-state index in [2.05, 4.69) is 0 Å². The van der Waals surface area contributed by atoms with E-state index in [9.17, 15) is 4.79 Å². The van der Waals surface area contributed by atoms with E-state index in [0.717, 1.165) is 22.7 Å². The summed E-state index contributed by atoms with van der Waals surface area (Å²) >= 11 is 6.08. The fraction of sp³-hybridized carbons (Fsp3) is 0.148. The molecule has 0 spiro atoms. The number of rotatable bonds is 6. The van der Waals surface area contributed by atoms with Crippen molar-refractivity contribution in [2.75, 3.05) is 7.11 Å². The highest BCUT2D eigenvalue weighted by Crippen LogP contribution is 2.25. The Morgan fingerprint density at radius 3 is 2.54 bits per heavy atom. The van der Waals surface area contributed by atoms with Gasteiger partial charge in [-0.2, -0.15) is 5.10 Å². The third-order valence-corrected chi connectivity index (χ3v) is 5.98. The number of nitrogens with zero attached hydrogens (tertiary/aromatic N) is 4. The summed E-state index contributed by atoms with van der Waals surface area (Å²) in [6.07, 6.45) is 1.69. The summed E-state index contributed by atoms with van der Waals surface area (Å²) in [6, 6.07) is 20.5. The molecule has 3 heterocycles. The second-order valence-electron chi connectivity index (χ2n) is 8.14. The number of pyridine rings is 1. The van der Waals surface area contributed by atoms with Gasteiger partial charge < -0.3 is 9.47 Å². The molecule has 5 rings (SSSR count). The van der Waals surface area contributed by atoms with E-state index in [1.165, 1.54) is 4.40 Å². The van der Waals surface area contributed by atoms with Crippen LogP contribution < -0.4 is 15.0 Å². The third kappa shape index (κ3) is 4.38. The number of aryl methyl sites for hydroxylation is 2. The first kappa shape index (κ1) is 22.7. The standard InChI is InChI=1S/C27H23ClN4O3/c1-17-14-23(30-32(17)21-9-11-22(34-3)12-10-21)25-18(2)29-26-24(8-5-13-31(26)27(25)33)35-16-19-6-4-7-20(28)15-19/h4-15H,16H2,1-3H3. The molecule has 0 radical (unpaired) electrons. The highest BCUT2D eigenvalue weighted by Gasteiger charge is 2.18. The Morgan fingerprint density at radius 2 is 1.80 bits per heavy atom. The van der Waals surface area contributed by atoms with Crippen LogP contribution in [0.1, 0.15) is 17.0 Å². The first-order valence-electron chi connectivity index (χ1n) is 11.1. The number of hydrogen-bond acceptors (Lipinski definition) is 5. The van der Waals surface area contributed by atoms with Gasteiger partial charge in [0.25, 0.3) is 5.56 Å². The number of benzene rings is 2. The minimum atomic E-state index is -0.208. The molecule has 176 valence electrons. The van der Waals surface area contributed by atoms with Crippen LogP contribution >= 0.6 is 11.6 Å². The van der Waals surface area contributed by atoms with E-state index in [1.807, 2.05) is 68.4 Å². The van der Waals surface area contributed by atoms with Crippen LogP contribution in [0.25, 0.3) is 22.6 Å². The smallest absolute Gasteiger partial charge is 0.267 e. The molecule has 0 aliphatic rings. The van der Waals surface area contributed by atoms with Crippen molar-refractivity contribution in [3.8, 4) is 28.4 Å². The summed E-state index contributed by atoms with van der Waals surface area (Å²) in [5.41, 5.74) is 4.53. The number of methoxy groups -OCH3 is 1. The molecule has 0 saturated heterocycles. The first-order chi connectivity index (χ1) is 16.9.